The minimum absolute atomic E-state index is 0.0586. The van der Waals surface area contributed by atoms with Gasteiger partial charge in [-0.25, -0.2) is 0 Å². The maximum absolute atomic E-state index is 13.2. The lowest BCUT2D eigenvalue weighted by molar-refractivity contribution is 1.18. The summed E-state index contributed by atoms with van der Waals surface area (Å²) in [5.74, 6) is 0. The Hall–Kier alpha value is -3.72. The molecule has 0 amide bonds. The molecule has 0 N–H and O–H groups in total. The lowest BCUT2D eigenvalue weighted by Crippen LogP contribution is -2.13. The van der Waals surface area contributed by atoms with E-state index in [2.05, 4.69) is 47.4 Å². The lowest BCUT2D eigenvalue weighted by atomic mass is 10.0. The molecule has 0 unspecified atom stereocenters. The van der Waals surface area contributed by atoms with Crippen LogP contribution in [0.2, 0.25) is 0 Å². The molecule has 0 radical (unpaired) electrons. The van der Waals surface area contributed by atoms with Gasteiger partial charge in [-0.3, -0.25) is 14.2 Å². The van der Waals surface area contributed by atoms with Gasteiger partial charge < -0.3 is 0 Å². The molecule has 0 fully saturated rings. The monoisotopic (exact) mass is 346 g/mol. The Kier molecular flexibility index (Phi) is 2.75. The summed E-state index contributed by atoms with van der Waals surface area (Å²) in [6.45, 7) is 0. The SMILES string of the molecule is O=c1c2ncccc2c2cccc3c4cc(-c5ccccc5)ccc4n1c23. The van der Waals surface area contributed by atoms with Crippen LogP contribution < -0.4 is 5.56 Å². The van der Waals surface area contributed by atoms with Crippen molar-refractivity contribution in [2.75, 3.05) is 0 Å². The Bertz CT molecular complexity index is 1530. The molecule has 3 heteroatoms. The van der Waals surface area contributed by atoms with E-state index >= 15 is 0 Å². The molecule has 6 rings (SSSR count). The normalized spacial score (nSPS) is 11.9. The Morgan fingerprint density at radius 2 is 1.44 bits per heavy atom. The molecule has 3 aromatic carbocycles. The van der Waals surface area contributed by atoms with Crippen molar-refractivity contribution in [1.82, 2.24) is 9.38 Å². The summed E-state index contributed by atoms with van der Waals surface area (Å²) in [5, 5.41) is 4.16. The van der Waals surface area contributed by atoms with Crippen molar-refractivity contribution in [2.24, 2.45) is 0 Å². The molecular formula is C24H14N2O. The fourth-order valence-corrected chi connectivity index (χ4v) is 4.21. The summed E-state index contributed by atoms with van der Waals surface area (Å²) in [6, 6.07) is 26.7. The Labute approximate surface area is 154 Å². The molecule has 126 valence electrons. The summed E-state index contributed by atoms with van der Waals surface area (Å²) in [6.07, 6.45) is 1.68. The molecule has 0 saturated heterocycles. The molecular weight excluding hydrogens is 332 g/mol. The van der Waals surface area contributed by atoms with Crippen molar-refractivity contribution in [1.29, 1.82) is 0 Å². The molecule has 3 heterocycles. The van der Waals surface area contributed by atoms with Gasteiger partial charge in [-0.2, -0.15) is 0 Å². The highest BCUT2D eigenvalue weighted by molar-refractivity contribution is 6.20. The number of aromatic nitrogens is 2. The fraction of sp³-hybridized carbons (Fsp3) is 0. The van der Waals surface area contributed by atoms with Gasteiger partial charge >= 0.3 is 0 Å². The maximum atomic E-state index is 13.2. The van der Waals surface area contributed by atoms with E-state index < -0.39 is 0 Å². The second kappa shape index (κ2) is 5.15. The summed E-state index contributed by atoms with van der Waals surface area (Å²) in [4.78, 5) is 17.6. The number of rotatable bonds is 1. The quantitative estimate of drug-likeness (QED) is 0.381. The number of pyridine rings is 2. The van der Waals surface area contributed by atoms with E-state index in [0.717, 1.165) is 38.1 Å². The zero-order valence-electron chi connectivity index (χ0n) is 14.4. The van der Waals surface area contributed by atoms with E-state index in [4.69, 9.17) is 0 Å². The van der Waals surface area contributed by atoms with Gasteiger partial charge in [0.2, 0.25) is 0 Å². The number of para-hydroxylation sites is 1. The van der Waals surface area contributed by atoms with Gasteiger partial charge in [-0.15, -0.1) is 0 Å². The van der Waals surface area contributed by atoms with Gasteiger partial charge in [-0.05, 0) is 29.3 Å². The van der Waals surface area contributed by atoms with Crippen molar-refractivity contribution in [3.8, 4) is 11.1 Å². The zero-order valence-corrected chi connectivity index (χ0v) is 14.4. The van der Waals surface area contributed by atoms with Gasteiger partial charge in [0.15, 0.2) is 0 Å². The van der Waals surface area contributed by atoms with Gasteiger partial charge in [0.1, 0.15) is 5.52 Å². The predicted octanol–water partition coefficient (Wildman–Crippen LogP) is 5.26. The maximum Gasteiger partial charge on any atom is 0.282 e. The minimum atomic E-state index is -0.0586. The highest BCUT2D eigenvalue weighted by Gasteiger charge is 2.17. The van der Waals surface area contributed by atoms with E-state index in [-0.39, 0.29) is 5.56 Å². The molecule has 3 aromatic heterocycles. The van der Waals surface area contributed by atoms with E-state index in [1.54, 1.807) is 6.20 Å². The Balaban J connectivity index is 1.86. The van der Waals surface area contributed by atoms with Crippen LogP contribution in [0.1, 0.15) is 0 Å². The molecule has 6 aromatic rings. The average Bonchev–Trinajstić information content (AvgIpc) is 3.07. The van der Waals surface area contributed by atoms with Crippen LogP contribution in [0.15, 0.2) is 89.9 Å². The van der Waals surface area contributed by atoms with Crippen molar-refractivity contribution in [3.05, 3.63) is 95.4 Å². The van der Waals surface area contributed by atoms with Gasteiger partial charge in [0.05, 0.1) is 11.0 Å². The highest BCUT2D eigenvalue weighted by Crippen LogP contribution is 2.35. The Morgan fingerprint density at radius 3 is 2.30 bits per heavy atom. The third-order valence-corrected chi connectivity index (χ3v) is 5.40. The van der Waals surface area contributed by atoms with Crippen LogP contribution in [0.5, 0.6) is 0 Å². The van der Waals surface area contributed by atoms with E-state index in [1.165, 1.54) is 5.56 Å². The molecule has 27 heavy (non-hydrogen) atoms. The Morgan fingerprint density at radius 1 is 0.667 bits per heavy atom. The molecule has 0 aliphatic carbocycles. The van der Waals surface area contributed by atoms with Crippen molar-refractivity contribution >= 4 is 38.1 Å². The van der Waals surface area contributed by atoms with Crippen LogP contribution in [0.25, 0.3) is 49.2 Å². The summed E-state index contributed by atoms with van der Waals surface area (Å²) >= 11 is 0. The van der Waals surface area contributed by atoms with Crippen LogP contribution >= 0.6 is 0 Å². The smallest absolute Gasteiger partial charge is 0.274 e. The van der Waals surface area contributed by atoms with Crippen LogP contribution in [0.4, 0.5) is 0 Å². The lowest BCUT2D eigenvalue weighted by Gasteiger charge is -2.05. The standard InChI is InChI=1S/C24H14N2O/c27-24-22-17(10-5-13-25-22)18-8-4-9-19-20-14-16(15-6-2-1-3-7-15)11-12-21(20)26(24)23(18)19/h1-14H. The summed E-state index contributed by atoms with van der Waals surface area (Å²) in [7, 11) is 0. The predicted molar refractivity (Wildman–Crippen MR) is 111 cm³/mol. The van der Waals surface area contributed by atoms with Crippen LogP contribution in [-0.2, 0) is 0 Å². The summed E-state index contributed by atoms with van der Waals surface area (Å²) in [5.41, 5.74) is 4.68. The van der Waals surface area contributed by atoms with Crippen molar-refractivity contribution in [2.45, 2.75) is 0 Å². The van der Waals surface area contributed by atoms with Gasteiger partial charge in [0.25, 0.3) is 5.56 Å². The molecule has 0 atom stereocenters. The zero-order chi connectivity index (χ0) is 18.0. The first-order valence-electron chi connectivity index (χ1n) is 8.95. The number of fused-ring (bicyclic) bond motifs is 5. The summed E-state index contributed by atoms with van der Waals surface area (Å²) < 4.78 is 1.82. The largest absolute Gasteiger partial charge is 0.282 e. The number of nitrogens with zero attached hydrogens (tertiary/aromatic N) is 2. The van der Waals surface area contributed by atoms with Crippen LogP contribution in [-0.4, -0.2) is 9.38 Å². The third kappa shape index (κ3) is 1.86. The van der Waals surface area contributed by atoms with Crippen LogP contribution in [0.3, 0.4) is 0 Å². The highest BCUT2D eigenvalue weighted by atomic mass is 16.1. The molecule has 0 aliphatic rings. The second-order valence-electron chi connectivity index (χ2n) is 6.84. The van der Waals surface area contributed by atoms with Gasteiger partial charge in [-0.1, -0.05) is 60.7 Å². The molecule has 0 aliphatic heterocycles. The first-order valence-corrected chi connectivity index (χ1v) is 8.95. The second-order valence-corrected chi connectivity index (χ2v) is 6.84. The van der Waals surface area contributed by atoms with Crippen LogP contribution in [0, 0.1) is 0 Å². The van der Waals surface area contributed by atoms with Gasteiger partial charge in [0, 0.05) is 27.7 Å². The van der Waals surface area contributed by atoms with Crippen molar-refractivity contribution in [3.63, 3.8) is 0 Å². The fourth-order valence-electron chi connectivity index (χ4n) is 4.21. The first-order chi connectivity index (χ1) is 13.3. The molecule has 0 saturated carbocycles. The molecule has 0 bridgehead atoms. The number of hydrogen-bond acceptors (Lipinski definition) is 2. The minimum Gasteiger partial charge on any atom is -0.274 e. The van der Waals surface area contributed by atoms with E-state index in [0.29, 0.717) is 5.52 Å². The third-order valence-electron chi connectivity index (χ3n) is 5.40. The number of hydrogen-bond donors (Lipinski definition) is 0. The number of benzene rings is 3. The molecule has 3 nitrogen and oxygen atoms in total. The average molecular weight is 346 g/mol. The first kappa shape index (κ1) is 14.4. The topological polar surface area (TPSA) is 34.4 Å². The van der Waals surface area contributed by atoms with Crippen molar-refractivity contribution < 1.29 is 0 Å². The van der Waals surface area contributed by atoms with E-state index in [9.17, 15) is 4.79 Å². The molecule has 0 spiro atoms. The van der Waals surface area contributed by atoms with E-state index in [1.807, 2.05) is 40.8 Å².